The highest BCUT2D eigenvalue weighted by Crippen LogP contribution is 2.28. The fourth-order valence-electron chi connectivity index (χ4n) is 2.88. The Morgan fingerprint density at radius 1 is 1.54 bits per heavy atom. The molecule has 9 heteroatoms. The van der Waals surface area contributed by atoms with Gasteiger partial charge < -0.3 is 10.2 Å². The van der Waals surface area contributed by atoms with Gasteiger partial charge in [-0.3, -0.25) is 19.8 Å². The molecule has 0 bridgehead atoms. The molecule has 0 saturated carbocycles. The number of anilines is 1. The molecule has 1 aromatic heterocycles. The van der Waals surface area contributed by atoms with Crippen molar-refractivity contribution >= 4 is 29.0 Å². The van der Waals surface area contributed by atoms with Crippen LogP contribution in [-0.4, -0.2) is 61.0 Å². The molecule has 0 aromatic carbocycles. The summed E-state index contributed by atoms with van der Waals surface area (Å²) in [6, 6.07) is 1.33. The average Bonchev–Trinajstić information content (AvgIpc) is 2.56. The predicted octanol–water partition coefficient (Wildman–Crippen LogP) is 1.54. The monoisotopic (exact) mass is 355 g/mol. The molecule has 8 nitrogen and oxygen atoms in total. The van der Waals surface area contributed by atoms with Gasteiger partial charge in [0.15, 0.2) is 0 Å². The number of halogens is 1. The summed E-state index contributed by atoms with van der Waals surface area (Å²) in [7, 11) is 3.53. The van der Waals surface area contributed by atoms with Crippen molar-refractivity contribution in [2.45, 2.75) is 12.8 Å². The number of rotatable bonds is 6. The minimum atomic E-state index is -0.509. The number of hydrogen-bond acceptors (Lipinski definition) is 6. The number of nitrogens with one attached hydrogen (secondary N) is 1. The second-order valence-electron chi connectivity index (χ2n) is 6.03. The molecule has 2 heterocycles. The van der Waals surface area contributed by atoms with Crippen LogP contribution in [0, 0.1) is 16.0 Å². The minimum absolute atomic E-state index is 0.0347. The molecule has 0 spiro atoms. The zero-order valence-electron chi connectivity index (χ0n) is 13.9. The van der Waals surface area contributed by atoms with E-state index in [1.165, 1.54) is 12.3 Å². The highest BCUT2D eigenvalue weighted by molar-refractivity contribution is 6.33. The summed E-state index contributed by atoms with van der Waals surface area (Å²) >= 11 is 6.12. The highest BCUT2D eigenvalue weighted by atomic mass is 35.5. The number of hydrogen-bond donors (Lipinski definition) is 1. The third-order valence-corrected chi connectivity index (χ3v) is 4.54. The fraction of sp³-hybridized carbons (Fsp3) is 0.600. The quantitative estimate of drug-likeness (QED) is 0.614. The standard InChI is InChI=1S/C15H22ClN5O3/c1-17-14(22)10-20-5-3-11(4-6-20)9-19(2)15-13(16)7-12(8-18-15)21(23)24/h7-8,11H,3-6,9-10H2,1-2H3,(H,17,22). The maximum absolute atomic E-state index is 11.4. The van der Waals surface area contributed by atoms with Gasteiger partial charge in [0.2, 0.25) is 5.91 Å². The molecule has 1 aliphatic heterocycles. The zero-order valence-corrected chi connectivity index (χ0v) is 14.6. The van der Waals surface area contributed by atoms with E-state index in [1.54, 1.807) is 7.05 Å². The zero-order chi connectivity index (χ0) is 17.7. The van der Waals surface area contributed by atoms with Gasteiger partial charge in [-0.15, -0.1) is 0 Å². The van der Waals surface area contributed by atoms with Gasteiger partial charge in [0.05, 0.1) is 16.5 Å². The summed E-state index contributed by atoms with van der Waals surface area (Å²) in [4.78, 5) is 29.8. The predicted molar refractivity (Wildman–Crippen MR) is 92.4 cm³/mol. The van der Waals surface area contributed by atoms with Crippen molar-refractivity contribution < 1.29 is 9.72 Å². The topological polar surface area (TPSA) is 91.6 Å². The van der Waals surface area contributed by atoms with Crippen LogP contribution in [0.4, 0.5) is 11.5 Å². The molecule has 24 heavy (non-hydrogen) atoms. The van der Waals surface area contributed by atoms with Gasteiger partial charge in [0, 0.05) is 26.7 Å². The molecule has 0 unspecified atom stereocenters. The maximum atomic E-state index is 11.4. The number of amides is 1. The Labute approximate surface area is 145 Å². The van der Waals surface area contributed by atoms with Gasteiger partial charge in [0.1, 0.15) is 12.0 Å². The van der Waals surface area contributed by atoms with Crippen molar-refractivity contribution in [2.24, 2.45) is 5.92 Å². The molecular formula is C15H22ClN5O3. The van der Waals surface area contributed by atoms with Crippen LogP contribution >= 0.6 is 11.6 Å². The van der Waals surface area contributed by atoms with Crippen LogP contribution in [0.5, 0.6) is 0 Å². The molecule has 1 aliphatic rings. The van der Waals surface area contributed by atoms with Crippen LogP contribution in [0.15, 0.2) is 12.3 Å². The SMILES string of the molecule is CNC(=O)CN1CCC(CN(C)c2ncc([N+](=O)[O-])cc2Cl)CC1. The molecule has 132 valence electrons. The molecule has 1 N–H and O–H groups in total. The lowest BCUT2D eigenvalue weighted by Crippen LogP contribution is -2.42. The Bertz CT molecular complexity index is 605. The van der Waals surface area contributed by atoms with E-state index in [0.29, 0.717) is 18.3 Å². The second-order valence-corrected chi connectivity index (χ2v) is 6.44. The van der Waals surface area contributed by atoms with Gasteiger partial charge in [-0.25, -0.2) is 4.98 Å². The number of carbonyl (C=O) groups excluding carboxylic acids is 1. The van der Waals surface area contributed by atoms with E-state index in [0.717, 1.165) is 32.5 Å². The lowest BCUT2D eigenvalue weighted by molar-refractivity contribution is -0.385. The summed E-state index contributed by atoms with van der Waals surface area (Å²) < 4.78 is 0. The first kappa shape index (κ1) is 18.4. The van der Waals surface area contributed by atoms with E-state index < -0.39 is 4.92 Å². The van der Waals surface area contributed by atoms with Crippen LogP contribution in [0.25, 0.3) is 0 Å². The van der Waals surface area contributed by atoms with E-state index in [2.05, 4.69) is 15.2 Å². The summed E-state index contributed by atoms with van der Waals surface area (Å²) in [6.45, 7) is 2.98. The van der Waals surface area contributed by atoms with E-state index in [-0.39, 0.29) is 16.6 Å². The summed E-state index contributed by atoms with van der Waals surface area (Å²) in [5, 5.41) is 13.7. The number of nitrogens with zero attached hydrogens (tertiary/aromatic N) is 4. The Kier molecular flexibility index (Phi) is 6.33. The number of aromatic nitrogens is 1. The van der Waals surface area contributed by atoms with Crippen LogP contribution in [0.2, 0.25) is 5.02 Å². The maximum Gasteiger partial charge on any atom is 0.289 e. The molecule has 0 radical (unpaired) electrons. The van der Waals surface area contributed by atoms with Crippen LogP contribution in [-0.2, 0) is 4.79 Å². The van der Waals surface area contributed by atoms with Gasteiger partial charge in [-0.1, -0.05) is 11.6 Å². The van der Waals surface area contributed by atoms with Crippen molar-refractivity contribution in [1.29, 1.82) is 0 Å². The Hall–Kier alpha value is -1.93. The number of nitro groups is 1. The first-order valence-corrected chi connectivity index (χ1v) is 8.22. The van der Waals surface area contributed by atoms with Crippen molar-refractivity contribution in [1.82, 2.24) is 15.2 Å². The summed E-state index contributed by atoms with van der Waals surface area (Å²) in [5.74, 6) is 1.06. The number of piperidine rings is 1. The third kappa shape index (κ3) is 4.78. The van der Waals surface area contributed by atoms with Crippen molar-refractivity contribution in [2.75, 3.05) is 45.2 Å². The number of likely N-dealkylation sites (N-methyl/N-ethyl adjacent to an activating group) is 1. The molecule has 1 aromatic rings. The van der Waals surface area contributed by atoms with Crippen molar-refractivity contribution in [3.8, 4) is 0 Å². The molecule has 1 saturated heterocycles. The largest absolute Gasteiger partial charge is 0.358 e. The number of likely N-dealkylation sites (tertiary alicyclic amines) is 1. The Balaban J connectivity index is 1.88. The first-order valence-electron chi connectivity index (χ1n) is 7.84. The molecule has 2 rings (SSSR count). The molecule has 0 aliphatic carbocycles. The Morgan fingerprint density at radius 2 is 2.21 bits per heavy atom. The summed E-state index contributed by atoms with van der Waals surface area (Å²) in [6.07, 6.45) is 3.21. The van der Waals surface area contributed by atoms with Gasteiger partial charge in [0.25, 0.3) is 5.69 Å². The van der Waals surface area contributed by atoms with E-state index in [1.807, 2.05) is 11.9 Å². The van der Waals surface area contributed by atoms with Gasteiger partial charge in [-0.05, 0) is 31.8 Å². The molecular weight excluding hydrogens is 334 g/mol. The summed E-state index contributed by atoms with van der Waals surface area (Å²) in [5.41, 5.74) is -0.111. The normalized spacial score (nSPS) is 16.0. The van der Waals surface area contributed by atoms with Gasteiger partial charge >= 0.3 is 0 Å². The number of pyridine rings is 1. The Morgan fingerprint density at radius 3 is 2.75 bits per heavy atom. The van der Waals surface area contributed by atoms with Gasteiger partial charge in [-0.2, -0.15) is 0 Å². The molecule has 1 fully saturated rings. The van der Waals surface area contributed by atoms with Crippen LogP contribution in [0.3, 0.4) is 0 Å². The average molecular weight is 356 g/mol. The van der Waals surface area contributed by atoms with Crippen molar-refractivity contribution in [3.63, 3.8) is 0 Å². The third-order valence-electron chi connectivity index (χ3n) is 4.26. The minimum Gasteiger partial charge on any atom is -0.358 e. The van der Waals surface area contributed by atoms with E-state index in [4.69, 9.17) is 11.6 Å². The second kappa shape index (κ2) is 8.25. The highest BCUT2D eigenvalue weighted by Gasteiger charge is 2.23. The van der Waals surface area contributed by atoms with Crippen molar-refractivity contribution in [3.05, 3.63) is 27.4 Å². The van der Waals surface area contributed by atoms with Crippen LogP contribution in [0.1, 0.15) is 12.8 Å². The molecule has 0 atom stereocenters. The lowest BCUT2D eigenvalue weighted by Gasteiger charge is -2.33. The van der Waals surface area contributed by atoms with E-state index >= 15 is 0 Å². The smallest absolute Gasteiger partial charge is 0.289 e. The first-order chi connectivity index (χ1) is 11.4. The van der Waals surface area contributed by atoms with Crippen LogP contribution < -0.4 is 10.2 Å². The lowest BCUT2D eigenvalue weighted by atomic mass is 9.96. The number of carbonyl (C=O) groups is 1. The van der Waals surface area contributed by atoms with E-state index in [9.17, 15) is 14.9 Å². The molecule has 1 amide bonds. The fourth-order valence-corrected chi connectivity index (χ4v) is 3.19.